The molecule has 0 spiro atoms. The number of aromatic nitrogens is 1. The molecule has 0 saturated heterocycles. The maximum atomic E-state index is 11.6. The van der Waals surface area contributed by atoms with Crippen LogP contribution < -0.4 is 5.32 Å². The number of carboxylic acids is 1. The number of carbonyl (C=O) groups is 2. The summed E-state index contributed by atoms with van der Waals surface area (Å²) in [5.41, 5.74) is 1.65. The number of amides is 1. The lowest BCUT2D eigenvalue weighted by Gasteiger charge is -2.01. The summed E-state index contributed by atoms with van der Waals surface area (Å²) in [5, 5.41) is 15.8. The van der Waals surface area contributed by atoms with E-state index in [-0.39, 0.29) is 18.9 Å². The predicted octanol–water partition coefficient (Wildman–Crippen LogP) is 2.71. The molecular weight excluding hydrogens is 312 g/mol. The molecule has 2 aromatic carbocycles. The van der Waals surface area contributed by atoms with Crippen molar-refractivity contribution in [1.82, 2.24) is 10.3 Å². The summed E-state index contributed by atoms with van der Waals surface area (Å²) in [7, 11) is 0. The summed E-state index contributed by atoms with van der Waals surface area (Å²) in [6.07, 6.45) is 0.0807. The molecular formula is C17H14N2O3S. The van der Waals surface area contributed by atoms with Crippen LogP contribution in [0.15, 0.2) is 47.8 Å². The van der Waals surface area contributed by atoms with Gasteiger partial charge in [0.25, 0.3) is 0 Å². The third kappa shape index (κ3) is 3.73. The Kier molecular flexibility index (Phi) is 4.34. The largest absolute Gasteiger partial charge is 0.480 e. The van der Waals surface area contributed by atoms with Gasteiger partial charge in [-0.3, -0.25) is 9.59 Å². The zero-order chi connectivity index (χ0) is 16.2. The minimum Gasteiger partial charge on any atom is -0.480 e. The van der Waals surface area contributed by atoms with Gasteiger partial charge in [-0.25, -0.2) is 4.98 Å². The van der Waals surface area contributed by atoms with Crippen LogP contribution >= 0.6 is 11.3 Å². The van der Waals surface area contributed by atoms with Crippen molar-refractivity contribution in [3.63, 3.8) is 0 Å². The first-order chi connectivity index (χ1) is 11.1. The van der Waals surface area contributed by atoms with E-state index in [4.69, 9.17) is 5.11 Å². The molecule has 0 unspecified atom stereocenters. The average Bonchev–Trinajstić information content (AvgIpc) is 3.01. The molecule has 3 rings (SSSR count). The summed E-state index contributed by atoms with van der Waals surface area (Å²) in [6, 6.07) is 14.2. The highest BCUT2D eigenvalue weighted by atomic mass is 32.1. The number of benzene rings is 2. The molecule has 3 aromatic rings. The van der Waals surface area contributed by atoms with Gasteiger partial charge in [-0.1, -0.05) is 36.4 Å². The molecule has 2 N–H and O–H groups in total. The number of carbonyl (C=O) groups excluding carboxylic acids is 1. The van der Waals surface area contributed by atoms with Crippen LogP contribution in [0.25, 0.3) is 21.3 Å². The fourth-order valence-corrected chi connectivity index (χ4v) is 3.06. The van der Waals surface area contributed by atoms with E-state index in [0.29, 0.717) is 5.69 Å². The van der Waals surface area contributed by atoms with Gasteiger partial charge in [-0.15, -0.1) is 11.3 Å². The van der Waals surface area contributed by atoms with Gasteiger partial charge in [0, 0.05) is 10.9 Å². The minimum atomic E-state index is -1.06. The topological polar surface area (TPSA) is 79.3 Å². The molecule has 1 amide bonds. The second-order valence-electron chi connectivity index (χ2n) is 5.05. The van der Waals surface area contributed by atoms with Gasteiger partial charge in [0.15, 0.2) is 0 Å². The number of thiazole rings is 1. The number of aliphatic carboxylic acids is 1. The number of carboxylic acid groups (broad SMARTS) is 1. The molecule has 6 heteroatoms. The highest BCUT2D eigenvalue weighted by molar-refractivity contribution is 7.13. The standard InChI is InChI=1S/C17H14N2O3S/c20-15(18-9-16(21)22)8-14-10-23-17(19-14)13-6-5-11-3-1-2-4-12(11)7-13/h1-7,10H,8-9H2,(H,18,20)(H,21,22). The van der Waals surface area contributed by atoms with E-state index in [1.54, 1.807) is 0 Å². The number of hydrogen-bond donors (Lipinski definition) is 2. The normalized spacial score (nSPS) is 10.6. The molecule has 0 bridgehead atoms. The Morgan fingerprint density at radius 3 is 2.70 bits per heavy atom. The Balaban J connectivity index is 1.75. The van der Waals surface area contributed by atoms with E-state index in [0.717, 1.165) is 16.0 Å². The van der Waals surface area contributed by atoms with Crippen molar-refractivity contribution < 1.29 is 14.7 Å². The quantitative estimate of drug-likeness (QED) is 0.755. The monoisotopic (exact) mass is 326 g/mol. The molecule has 23 heavy (non-hydrogen) atoms. The van der Waals surface area contributed by atoms with Gasteiger partial charge in [0.1, 0.15) is 11.6 Å². The van der Waals surface area contributed by atoms with Crippen LogP contribution in [-0.2, 0) is 16.0 Å². The van der Waals surface area contributed by atoms with Crippen molar-refractivity contribution in [2.75, 3.05) is 6.54 Å². The number of nitrogens with one attached hydrogen (secondary N) is 1. The van der Waals surface area contributed by atoms with E-state index >= 15 is 0 Å². The number of nitrogens with zero attached hydrogens (tertiary/aromatic N) is 1. The van der Waals surface area contributed by atoms with Crippen LogP contribution in [-0.4, -0.2) is 28.5 Å². The van der Waals surface area contributed by atoms with E-state index in [9.17, 15) is 9.59 Å². The molecule has 1 heterocycles. The lowest BCUT2D eigenvalue weighted by Crippen LogP contribution is -2.30. The second-order valence-corrected chi connectivity index (χ2v) is 5.91. The van der Waals surface area contributed by atoms with Crippen LogP contribution in [0.3, 0.4) is 0 Å². The van der Waals surface area contributed by atoms with E-state index in [1.807, 2.05) is 35.7 Å². The fourth-order valence-electron chi connectivity index (χ4n) is 2.24. The number of fused-ring (bicyclic) bond motifs is 1. The first-order valence-corrected chi connectivity index (χ1v) is 7.92. The molecule has 0 radical (unpaired) electrons. The van der Waals surface area contributed by atoms with Gasteiger partial charge in [0.2, 0.25) is 5.91 Å². The average molecular weight is 326 g/mol. The van der Waals surface area contributed by atoms with Gasteiger partial charge in [0.05, 0.1) is 12.1 Å². The van der Waals surface area contributed by atoms with Gasteiger partial charge in [-0.05, 0) is 16.8 Å². The van der Waals surface area contributed by atoms with Crippen molar-refractivity contribution in [2.45, 2.75) is 6.42 Å². The number of rotatable bonds is 5. The minimum absolute atomic E-state index is 0.0807. The summed E-state index contributed by atoms with van der Waals surface area (Å²) >= 11 is 1.47. The Labute approximate surface area is 136 Å². The van der Waals surface area contributed by atoms with Crippen LogP contribution in [0.4, 0.5) is 0 Å². The van der Waals surface area contributed by atoms with Gasteiger partial charge < -0.3 is 10.4 Å². The molecule has 0 aliphatic carbocycles. The molecule has 0 aliphatic heterocycles. The van der Waals surface area contributed by atoms with Crippen molar-refractivity contribution in [3.05, 3.63) is 53.5 Å². The van der Waals surface area contributed by atoms with Crippen LogP contribution in [0, 0.1) is 0 Å². The highest BCUT2D eigenvalue weighted by Gasteiger charge is 2.10. The third-order valence-corrected chi connectivity index (χ3v) is 4.27. The molecule has 116 valence electrons. The lowest BCUT2D eigenvalue weighted by molar-refractivity contribution is -0.137. The summed E-state index contributed by atoms with van der Waals surface area (Å²) in [4.78, 5) is 26.5. The van der Waals surface area contributed by atoms with Crippen molar-refractivity contribution in [3.8, 4) is 10.6 Å². The Morgan fingerprint density at radius 1 is 1.13 bits per heavy atom. The molecule has 5 nitrogen and oxygen atoms in total. The Bertz CT molecular complexity index is 873. The molecule has 0 aliphatic rings. The van der Waals surface area contributed by atoms with Crippen molar-refractivity contribution >= 4 is 34.0 Å². The van der Waals surface area contributed by atoms with Crippen LogP contribution in [0.5, 0.6) is 0 Å². The molecule has 0 saturated carbocycles. The third-order valence-electron chi connectivity index (χ3n) is 3.33. The first kappa shape index (κ1) is 15.2. The number of hydrogen-bond acceptors (Lipinski definition) is 4. The second kappa shape index (κ2) is 6.58. The summed E-state index contributed by atoms with van der Waals surface area (Å²) in [6.45, 7) is -0.375. The van der Waals surface area contributed by atoms with Crippen molar-refractivity contribution in [2.24, 2.45) is 0 Å². The molecule has 1 aromatic heterocycles. The molecule has 0 atom stereocenters. The van der Waals surface area contributed by atoms with Crippen molar-refractivity contribution in [1.29, 1.82) is 0 Å². The van der Waals surface area contributed by atoms with E-state index < -0.39 is 5.97 Å². The van der Waals surface area contributed by atoms with Gasteiger partial charge in [-0.2, -0.15) is 0 Å². The van der Waals surface area contributed by atoms with E-state index in [1.165, 1.54) is 16.7 Å². The highest BCUT2D eigenvalue weighted by Crippen LogP contribution is 2.27. The van der Waals surface area contributed by atoms with Gasteiger partial charge >= 0.3 is 5.97 Å². The Hall–Kier alpha value is -2.73. The lowest BCUT2D eigenvalue weighted by atomic mass is 10.1. The molecule has 0 fully saturated rings. The summed E-state index contributed by atoms with van der Waals surface area (Å²) in [5.74, 6) is -1.41. The zero-order valence-corrected chi connectivity index (χ0v) is 13.0. The maximum Gasteiger partial charge on any atom is 0.322 e. The van der Waals surface area contributed by atoms with Crippen LogP contribution in [0.2, 0.25) is 0 Å². The smallest absolute Gasteiger partial charge is 0.322 e. The summed E-state index contributed by atoms with van der Waals surface area (Å²) < 4.78 is 0. The van der Waals surface area contributed by atoms with Crippen LogP contribution in [0.1, 0.15) is 5.69 Å². The van der Waals surface area contributed by atoms with E-state index in [2.05, 4.69) is 22.4 Å². The first-order valence-electron chi connectivity index (χ1n) is 7.04. The maximum absolute atomic E-state index is 11.6. The zero-order valence-electron chi connectivity index (χ0n) is 12.2. The predicted molar refractivity (Wildman–Crippen MR) is 89.4 cm³/mol. The Morgan fingerprint density at radius 2 is 1.91 bits per heavy atom. The SMILES string of the molecule is O=C(O)CNC(=O)Cc1csc(-c2ccc3ccccc3c2)n1. The fraction of sp³-hybridized carbons (Fsp3) is 0.118.